The van der Waals surface area contributed by atoms with Gasteiger partial charge in [-0.2, -0.15) is 0 Å². The molecule has 0 aliphatic carbocycles. The molecule has 1 atom stereocenters. The summed E-state index contributed by atoms with van der Waals surface area (Å²) in [5.74, 6) is 0.0525. The Hall–Kier alpha value is -1.09. The van der Waals surface area contributed by atoms with Crippen molar-refractivity contribution in [3.63, 3.8) is 0 Å². The first kappa shape index (κ1) is 12.0. The van der Waals surface area contributed by atoms with Crippen molar-refractivity contribution < 1.29 is 9.13 Å². The number of rotatable bonds is 5. The Balaban J connectivity index is 3.01. The fraction of sp³-hybridized carbons (Fsp3) is 0.500. The number of benzene rings is 1. The summed E-state index contributed by atoms with van der Waals surface area (Å²) in [4.78, 5) is 0. The second-order valence-corrected chi connectivity index (χ2v) is 3.49. The summed E-state index contributed by atoms with van der Waals surface area (Å²) in [6.07, 6.45) is 1.93. The molecule has 1 aromatic rings. The molecule has 0 amide bonds. The summed E-state index contributed by atoms with van der Waals surface area (Å²) >= 11 is 0. The number of nitrogens with one attached hydrogen (secondary N) is 1. The van der Waals surface area contributed by atoms with Crippen LogP contribution in [0.3, 0.4) is 0 Å². The molecule has 0 bridgehead atoms. The van der Waals surface area contributed by atoms with Crippen molar-refractivity contribution in [2.45, 2.75) is 25.8 Å². The van der Waals surface area contributed by atoms with E-state index >= 15 is 0 Å². The lowest BCUT2D eigenvalue weighted by Gasteiger charge is -2.17. The van der Waals surface area contributed by atoms with Crippen molar-refractivity contribution in [1.82, 2.24) is 5.32 Å². The van der Waals surface area contributed by atoms with Crippen LogP contribution in [0, 0.1) is 5.82 Å². The van der Waals surface area contributed by atoms with E-state index in [0.717, 1.165) is 12.8 Å². The maximum atomic E-state index is 13.9. The summed E-state index contributed by atoms with van der Waals surface area (Å²) in [7, 11) is 3.33. The molecule has 0 saturated heterocycles. The van der Waals surface area contributed by atoms with Gasteiger partial charge in [0.05, 0.1) is 7.11 Å². The number of hydrogen-bond acceptors (Lipinski definition) is 2. The van der Waals surface area contributed by atoms with Crippen LogP contribution in [0.1, 0.15) is 31.4 Å². The molecule has 0 aliphatic rings. The average molecular weight is 211 g/mol. The third kappa shape index (κ3) is 2.69. The van der Waals surface area contributed by atoms with Gasteiger partial charge in [0, 0.05) is 11.6 Å². The smallest absolute Gasteiger partial charge is 0.169 e. The minimum absolute atomic E-state index is 0.0603. The van der Waals surface area contributed by atoms with Gasteiger partial charge < -0.3 is 10.1 Å². The SMILES string of the molecule is CCCC(NC)c1cccc(OC)c1F. The molecule has 0 radical (unpaired) electrons. The predicted octanol–water partition coefficient (Wildman–Crippen LogP) is 2.89. The van der Waals surface area contributed by atoms with E-state index in [4.69, 9.17) is 4.74 Å². The van der Waals surface area contributed by atoms with Crippen LogP contribution in [-0.2, 0) is 0 Å². The monoisotopic (exact) mass is 211 g/mol. The van der Waals surface area contributed by atoms with Gasteiger partial charge in [-0.1, -0.05) is 25.5 Å². The molecule has 0 heterocycles. The molecule has 2 nitrogen and oxygen atoms in total. The van der Waals surface area contributed by atoms with Crippen molar-refractivity contribution in [3.8, 4) is 5.75 Å². The van der Waals surface area contributed by atoms with Crippen LogP contribution in [0.25, 0.3) is 0 Å². The first-order chi connectivity index (χ1) is 7.24. The van der Waals surface area contributed by atoms with Gasteiger partial charge in [-0.05, 0) is 19.5 Å². The highest BCUT2D eigenvalue weighted by Gasteiger charge is 2.15. The van der Waals surface area contributed by atoms with Gasteiger partial charge in [0.25, 0.3) is 0 Å². The third-order valence-electron chi connectivity index (χ3n) is 2.51. The molecule has 15 heavy (non-hydrogen) atoms. The lowest BCUT2D eigenvalue weighted by Crippen LogP contribution is -2.17. The van der Waals surface area contributed by atoms with Crippen molar-refractivity contribution in [2.75, 3.05) is 14.2 Å². The maximum Gasteiger partial charge on any atom is 0.169 e. The van der Waals surface area contributed by atoms with E-state index in [1.807, 2.05) is 13.1 Å². The Morgan fingerprint density at radius 2 is 2.20 bits per heavy atom. The van der Waals surface area contributed by atoms with Crippen LogP contribution in [0.2, 0.25) is 0 Å². The van der Waals surface area contributed by atoms with Crippen molar-refractivity contribution in [2.24, 2.45) is 0 Å². The van der Waals surface area contributed by atoms with Crippen molar-refractivity contribution in [1.29, 1.82) is 0 Å². The largest absolute Gasteiger partial charge is 0.494 e. The zero-order valence-corrected chi connectivity index (χ0v) is 9.51. The van der Waals surface area contributed by atoms with Crippen LogP contribution in [-0.4, -0.2) is 14.2 Å². The molecule has 84 valence electrons. The molecule has 1 unspecified atom stereocenters. The summed E-state index contributed by atoms with van der Waals surface area (Å²) in [6.45, 7) is 2.09. The van der Waals surface area contributed by atoms with E-state index in [0.29, 0.717) is 11.3 Å². The quantitative estimate of drug-likeness (QED) is 0.808. The lowest BCUT2D eigenvalue weighted by atomic mass is 10.0. The molecular weight excluding hydrogens is 193 g/mol. The second kappa shape index (κ2) is 5.71. The molecule has 0 fully saturated rings. The van der Waals surface area contributed by atoms with Crippen LogP contribution in [0.4, 0.5) is 4.39 Å². The van der Waals surface area contributed by atoms with Crippen molar-refractivity contribution in [3.05, 3.63) is 29.6 Å². The Morgan fingerprint density at radius 1 is 1.47 bits per heavy atom. The van der Waals surface area contributed by atoms with E-state index in [-0.39, 0.29) is 11.9 Å². The van der Waals surface area contributed by atoms with Crippen LogP contribution < -0.4 is 10.1 Å². The number of hydrogen-bond donors (Lipinski definition) is 1. The lowest BCUT2D eigenvalue weighted by molar-refractivity contribution is 0.379. The molecule has 0 aliphatic heterocycles. The molecule has 1 N–H and O–H groups in total. The standard InChI is InChI=1S/C12H18FNO/c1-4-6-10(14-2)9-7-5-8-11(15-3)12(9)13/h5,7-8,10,14H,4,6H2,1-3H3. The van der Waals surface area contributed by atoms with E-state index in [1.165, 1.54) is 7.11 Å². The predicted molar refractivity (Wildman–Crippen MR) is 59.7 cm³/mol. The minimum Gasteiger partial charge on any atom is -0.494 e. The summed E-state index contributed by atoms with van der Waals surface area (Å²) < 4.78 is 18.8. The van der Waals surface area contributed by atoms with E-state index < -0.39 is 0 Å². The fourth-order valence-electron chi connectivity index (χ4n) is 1.70. The molecule has 0 spiro atoms. The highest BCUT2D eigenvalue weighted by molar-refractivity contribution is 5.33. The molecule has 1 rings (SSSR count). The van der Waals surface area contributed by atoms with Gasteiger partial charge in [0.2, 0.25) is 0 Å². The van der Waals surface area contributed by atoms with Gasteiger partial charge in [-0.3, -0.25) is 0 Å². The zero-order valence-electron chi connectivity index (χ0n) is 9.51. The van der Waals surface area contributed by atoms with Crippen molar-refractivity contribution >= 4 is 0 Å². The van der Waals surface area contributed by atoms with Crippen LogP contribution in [0.15, 0.2) is 18.2 Å². The van der Waals surface area contributed by atoms with E-state index in [2.05, 4.69) is 12.2 Å². The summed E-state index contributed by atoms with van der Waals surface area (Å²) in [5.41, 5.74) is 0.679. The first-order valence-electron chi connectivity index (χ1n) is 5.24. The van der Waals surface area contributed by atoms with Gasteiger partial charge in [-0.25, -0.2) is 4.39 Å². The zero-order chi connectivity index (χ0) is 11.3. The Bertz CT molecular complexity index is 314. The normalized spacial score (nSPS) is 12.5. The van der Waals surface area contributed by atoms with Gasteiger partial charge in [-0.15, -0.1) is 0 Å². The number of methoxy groups -OCH3 is 1. The maximum absolute atomic E-state index is 13.9. The number of ether oxygens (including phenoxy) is 1. The van der Waals surface area contributed by atoms with Gasteiger partial charge in [0.1, 0.15) is 0 Å². The third-order valence-corrected chi connectivity index (χ3v) is 2.51. The second-order valence-electron chi connectivity index (χ2n) is 3.49. The molecule has 1 aromatic carbocycles. The Labute approximate surface area is 90.4 Å². The molecule has 0 saturated carbocycles. The molecule has 0 aromatic heterocycles. The topological polar surface area (TPSA) is 21.3 Å². The Kier molecular flexibility index (Phi) is 4.56. The van der Waals surface area contributed by atoms with Crippen LogP contribution in [0.5, 0.6) is 5.75 Å². The minimum atomic E-state index is -0.257. The van der Waals surface area contributed by atoms with Crippen LogP contribution >= 0.6 is 0 Å². The number of halogens is 1. The molecule has 3 heteroatoms. The van der Waals surface area contributed by atoms with Gasteiger partial charge >= 0.3 is 0 Å². The van der Waals surface area contributed by atoms with Gasteiger partial charge in [0.15, 0.2) is 11.6 Å². The highest BCUT2D eigenvalue weighted by Crippen LogP contribution is 2.27. The average Bonchev–Trinajstić information content (AvgIpc) is 2.27. The first-order valence-corrected chi connectivity index (χ1v) is 5.24. The summed E-state index contributed by atoms with van der Waals surface area (Å²) in [6, 6.07) is 5.31. The van der Waals surface area contributed by atoms with E-state index in [9.17, 15) is 4.39 Å². The fourth-order valence-corrected chi connectivity index (χ4v) is 1.70. The highest BCUT2D eigenvalue weighted by atomic mass is 19.1. The Morgan fingerprint density at radius 3 is 2.73 bits per heavy atom. The summed E-state index contributed by atoms with van der Waals surface area (Å²) in [5, 5.41) is 3.12. The van der Waals surface area contributed by atoms with E-state index in [1.54, 1.807) is 12.1 Å². The molecular formula is C12H18FNO.